The number of ketones is 1. The number of anilines is 3. The Morgan fingerprint density at radius 3 is 2.33 bits per heavy atom. The fourth-order valence-corrected chi connectivity index (χ4v) is 3.11. The minimum atomic E-state index is -2.31. The van der Waals surface area contributed by atoms with E-state index in [1.807, 2.05) is 0 Å². The first-order valence-corrected chi connectivity index (χ1v) is 7.84. The molecule has 0 spiro atoms. The Morgan fingerprint density at radius 2 is 1.74 bits per heavy atom. The summed E-state index contributed by atoms with van der Waals surface area (Å²) in [5.41, 5.74) is 3.38. The van der Waals surface area contributed by atoms with Crippen LogP contribution in [0.5, 0.6) is 0 Å². The molecule has 140 valence electrons. The van der Waals surface area contributed by atoms with E-state index in [4.69, 9.17) is 28.9 Å². The van der Waals surface area contributed by atoms with Crippen molar-refractivity contribution in [1.29, 1.82) is 0 Å². The third-order valence-electron chi connectivity index (χ3n) is 3.91. The van der Waals surface area contributed by atoms with Crippen molar-refractivity contribution in [2.24, 2.45) is 5.92 Å². The van der Waals surface area contributed by atoms with Gasteiger partial charge in [0.25, 0.3) is 5.91 Å². The van der Waals surface area contributed by atoms with E-state index in [0.29, 0.717) is 11.0 Å². The molecule has 1 unspecified atom stereocenters. The van der Waals surface area contributed by atoms with Crippen LogP contribution < -0.4 is 10.6 Å². The molecule has 0 aromatic heterocycles. The Hall–Kier alpha value is -2.78. The van der Waals surface area contributed by atoms with Crippen molar-refractivity contribution >= 4 is 57.9 Å². The molecular weight excluding hydrogens is 412 g/mol. The molecule has 11 heteroatoms. The molecule has 0 aliphatic carbocycles. The van der Waals surface area contributed by atoms with Gasteiger partial charge in [0.1, 0.15) is 10.8 Å². The molecule has 3 N–H and O–H groups in total. The van der Waals surface area contributed by atoms with Crippen molar-refractivity contribution in [3.63, 3.8) is 0 Å². The molecule has 2 aromatic rings. The summed E-state index contributed by atoms with van der Waals surface area (Å²) < 4.78 is 42.1. The molecule has 0 saturated heterocycles. The number of carbonyl (C=O) groups excluding carboxylic acids is 2. The van der Waals surface area contributed by atoms with Crippen LogP contribution in [0.1, 0.15) is 10.4 Å². The van der Waals surface area contributed by atoms with Gasteiger partial charge >= 0.3 is 5.97 Å². The predicted octanol–water partition coefficient (Wildman–Crippen LogP) is 3.55. The SMILES string of the molecule is Nc1cc(N2C(=O)C(C(=O)O)C(=O)c3cc(F)c(F)c(Cl)c32)c(F)cc1Cl. The standard InChI is InChI=1S/C16H7Cl2F3N2O4/c17-5-2-6(19)9(3-8(5)22)23-13-4(1-7(20)12(21)11(13)18)14(24)10(15(23)25)16(26)27/h1-3,10H,22H2,(H,26,27). The normalized spacial score (nSPS) is 16.5. The maximum absolute atomic E-state index is 14.4. The molecule has 1 aliphatic heterocycles. The summed E-state index contributed by atoms with van der Waals surface area (Å²) in [6, 6.07) is 2.01. The van der Waals surface area contributed by atoms with Crippen LogP contribution in [0.3, 0.4) is 0 Å². The third-order valence-corrected chi connectivity index (χ3v) is 4.58. The average molecular weight is 419 g/mol. The molecule has 0 saturated carbocycles. The van der Waals surface area contributed by atoms with Crippen LogP contribution in [0, 0.1) is 23.4 Å². The van der Waals surface area contributed by atoms with Crippen LogP contribution >= 0.6 is 23.2 Å². The van der Waals surface area contributed by atoms with Crippen molar-refractivity contribution in [2.75, 3.05) is 10.6 Å². The van der Waals surface area contributed by atoms with Gasteiger partial charge in [0, 0.05) is 5.56 Å². The summed E-state index contributed by atoms with van der Waals surface area (Å²) in [5.74, 6) is -11.2. The number of benzene rings is 2. The van der Waals surface area contributed by atoms with Gasteiger partial charge in [-0.15, -0.1) is 0 Å². The van der Waals surface area contributed by atoms with Gasteiger partial charge in [0.15, 0.2) is 23.3 Å². The highest BCUT2D eigenvalue weighted by Gasteiger charge is 2.47. The maximum Gasteiger partial charge on any atom is 0.324 e. The number of nitrogen functional groups attached to an aromatic ring is 1. The molecule has 6 nitrogen and oxygen atoms in total. The monoisotopic (exact) mass is 418 g/mol. The highest BCUT2D eigenvalue weighted by molar-refractivity contribution is 6.39. The summed E-state index contributed by atoms with van der Waals surface area (Å²) in [7, 11) is 0. The van der Waals surface area contributed by atoms with Crippen molar-refractivity contribution in [2.45, 2.75) is 0 Å². The second-order valence-corrected chi connectivity index (χ2v) is 6.30. The Morgan fingerprint density at radius 1 is 1.11 bits per heavy atom. The Balaban J connectivity index is 2.41. The number of fused-ring (bicyclic) bond motifs is 1. The number of carbonyl (C=O) groups is 3. The number of carboxylic acids is 1. The number of rotatable bonds is 2. The van der Waals surface area contributed by atoms with E-state index in [1.54, 1.807) is 0 Å². The molecule has 0 fully saturated rings. The molecule has 1 atom stereocenters. The van der Waals surface area contributed by atoms with E-state index in [-0.39, 0.29) is 10.7 Å². The lowest BCUT2D eigenvalue weighted by atomic mass is 9.89. The zero-order valence-electron chi connectivity index (χ0n) is 12.9. The number of carboxylic acid groups (broad SMARTS) is 1. The van der Waals surface area contributed by atoms with Gasteiger partial charge in [0.05, 0.1) is 22.1 Å². The van der Waals surface area contributed by atoms with E-state index in [2.05, 4.69) is 0 Å². The van der Waals surface area contributed by atoms with Crippen molar-refractivity contribution in [3.8, 4) is 0 Å². The third kappa shape index (κ3) is 2.79. The number of nitrogens with two attached hydrogens (primary N) is 1. The smallest absolute Gasteiger partial charge is 0.324 e. The highest BCUT2D eigenvalue weighted by Crippen LogP contribution is 2.44. The van der Waals surface area contributed by atoms with Gasteiger partial charge in [-0.25, -0.2) is 13.2 Å². The quantitative estimate of drug-likeness (QED) is 0.441. The minimum Gasteiger partial charge on any atom is -0.480 e. The summed E-state index contributed by atoms with van der Waals surface area (Å²) in [4.78, 5) is 36.8. The van der Waals surface area contributed by atoms with Crippen molar-refractivity contribution < 1.29 is 32.7 Å². The van der Waals surface area contributed by atoms with Crippen LogP contribution in [-0.2, 0) is 9.59 Å². The summed E-state index contributed by atoms with van der Waals surface area (Å²) in [5, 5.41) is 8.02. The number of nitrogens with zero attached hydrogens (tertiary/aromatic N) is 1. The first-order valence-electron chi connectivity index (χ1n) is 7.09. The first-order chi connectivity index (χ1) is 12.6. The summed E-state index contributed by atoms with van der Waals surface area (Å²) in [6.07, 6.45) is 0. The fourth-order valence-electron chi connectivity index (χ4n) is 2.68. The van der Waals surface area contributed by atoms with Gasteiger partial charge < -0.3 is 10.8 Å². The van der Waals surface area contributed by atoms with Crippen LogP contribution in [0.2, 0.25) is 10.0 Å². The van der Waals surface area contributed by atoms with Crippen LogP contribution in [0.15, 0.2) is 18.2 Å². The number of aliphatic carboxylic acids is 1. The average Bonchev–Trinajstić information content (AvgIpc) is 2.58. The molecule has 1 aliphatic rings. The van der Waals surface area contributed by atoms with E-state index in [9.17, 15) is 32.7 Å². The second kappa shape index (κ2) is 6.43. The molecule has 2 aromatic carbocycles. The van der Waals surface area contributed by atoms with Crippen molar-refractivity contribution in [3.05, 3.63) is 51.3 Å². The Bertz CT molecular complexity index is 1050. The number of hydrogen-bond acceptors (Lipinski definition) is 4. The molecule has 0 radical (unpaired) electrons. The molecule has 27 heavy (non-hydrogen) atoms. The molecule has 1 amide bonds. The van der Waals surface area contributed by atoms with Gasteiger partial charge in [-0.2, -0.15) is 0 Å². The largest absolute Gasteiger partial charge is 0.480 e. The van der Waals surface area contributed by atoms with Gasteiger partial charge in [0.2, 0.25) is 0 Å². The Labute approximate surface area is 158 Å². The minimum absolute atomic E-state index is 0.190. The first kappa shape index (κ1) is 19.0. The van der Waals surface area contributed by atoms with Crippen LogP contribution in [0.25, 0.3) is 0 Å². The Kier molecular flexibility index (Phi) is 4.52. The molecule has 0 bridgehead atoms. The summed E-state index contributed by atoms with van der Waals surface area (Å²) >= 11 is 11.4. The lowest BCUT2D eigenvalue weighted by molar-refractivity contribution is -0.143. The molecule has 3 rings (SSSR count). The van der Waals surface area contributed by atoms with Crippen LogP contribution in [0.4, 0.5) is 30.2 Å². The zero-order chi connectivity index (χ0) is 20.2. The second-order valence-electron chi connectivity index (χ2n) is 5.52. The predicted molar refractivity (Wildman–Crippen MR) is 89.8 cm³/mol. The fraction of sp³-hybridized carbons (Fsp3) is 0.0625. The number of amides is 1. The highest BCUT2D eigenvalue weighted by atomic mass is 35.5. The topological polar surface area (TPSA) is 101 Å². The molecule has 1 heterocycles. The maximum atomic E-state index is 14.4. The number of halogens is 5. The lowest BCUT2D eigenvalue weighted by Crippen LogP contribution is -2.46. The van der Waals surface area contributed by atoms with E-state index < -0.39 is 63.0 Å². The van der Waals surface area contributed by atoms with Gasteiger partial charge in [-0.05, 0) is 18.2 Å². The summed E-state index contributed by atoms with van der Waals surface area (Å²) in [6.45, 7) is 0. The lowest BCUT2D eigenvalue weighted by Gasteiger charge is -2.33. The van der Waals surface area contributed by atoms with Gasteiger partial charge in [-0.3, -0.25) is 19.3 Å². The van der Waals surface area contributed by atoms with Crippen LogP contribution in [-0.4, -0.2) is 22.8 Å². The zero-order valence-corrected chi connectivity index (χ0v) is 14.4. The van der Waals surface area contributed by atoms with E-state index >= 15 is 0 Å². The molecular formula is C16H7Cl2F3N2O4. The van der Waals surface area contributed by atoms with Crippen molar-refractivity contribution in [1.82, 2.24) is 0 Å². The van der Waals surface area contributed by atoms with E-state index in [0.717, 1.165) is 12.1 Å². The number of Topliss-reactive ketones (excluding diaryl/α,β-unsaturated/α-hetero) is 1. The van der Waals surface area contributed by atoms with Gasteiger partial charge in [-0.1, -0.05) is 23.2 Å². The number of hydrogen-bond donors (Lipinski definition) is 2. The van der Waals surface area contributed by atoms with E-state index in [1.165, 1.54) is 0 Å².